The molecule has 0 bridgehead atoms. The monoisotopic (exact) mass is 1190 g/mol. The van der Waals surface area contributed by atoms with Gasteiger partial charge in [0.15, 0.2) is 0 Å². The molecule has 448 valence electrons. The van der Waals surface area contributed by atoms with Crippen LogP contribution >= 0.6 is 0 Å². The van der Waals surface area contributed by atoms with Gasteiger partial charge in [0.1, 0.15) is 12.3 Å². The van der Waals surface area contributed by atoms with Gasteiger partial charge < -0.3 is 5.11 Å². The number of unbranched alkanes of at least 4 members (excludes halogenated alkanes) is 25. The minimum absolute atomic E-state index is 0.0354. The minimum atomic E-state index is -6.45. The van der Waals surface area contributed by atoms with Crippen LogP contribution in [0.25, 0.3) is 0 Å². The van der Waals surface area contributed by atoms with Crippen molar-refractivity contribution in [2.75, 3.05) is 35.3 Å². The van der Waals surface area contributed by atoms with Crippen LogP contribution in [0.1, 0.15) is 241 Å². The van der Waals surface area contributed by atoms with Crippen LogP contribution in [0, 0.1) is 0 Å². The van der Waals surface area contributed by atoms with E-state index in [9.17, 15) is 43.6 Å². The second kappa shape index (κ2) is 35.9. The summed E-state index contributed by atoms with van der Waals surface area (Å²) in [6.07, 6.45) is 6.97. The average Bonchev–Trinajstić information content (AvgIpc) is 3.35. The highest BCUT2D eigenvalue weighted by atomic mass is 32.2. The fraction of sp³-hybridized carbons (Fsp3) is 0.938. The molecule has 0 spiro atoms. The third-order valence-corrected chi connectivity index (χ3v) is 21.8. The molecule has 0 aromatic carbocycles. The smallest absolute Gasteiger partial charge is 0.337 e. The molecule has 2 unspecified atom stereocenters. The molecule has 0 aliphatic carbocycles. The number of quaternary nitrogens is 1. The van der Waals surface area contributed by atoms with E-state index in [1.54, 1.807) is 0 Å². The van der Waals surface area contributed by atoms with Crippen molar-refractivity contribution in [3.05, 3.63) is 11.6 Å². The molecule has 0 heterocycles. The van der Waals surface area contributed by atoms with Gasteiger partial charge in [0.05, 0.1) is 23.0 Å². The van der Waals surface area contributed by atoms with Crippen LogP contribution in [0.5, 0.6) is 0 Å². The average molecular weight is 1190 g/mol. The van der Waals surface area contributed by atoms with E-state index in [0.29, 0.717) is 110 Å². The molecule has 0 aliphatic heterocycles. The van der Waals surface area contributed by atoms with E-state index in [1.807, 2.05) is 34.6 Å². The van der Waals surface area contributed by atoms with Crippen molar-refractivity contribution in [3.63, 3.8) is 0 Å². The number of hydrogen-bond donors (Lipinski definition) is 1. The zero-order valence-electron chi connectivity index (χ0n) is 46.1. The summed E-state index contributed by atoms with van der Waals surface area (Å²) >= 11 is 0. The maximum atomic E-state index is 19.6. The molecule has 0 aliphatic rings. The Hall–Kier alpha value is -1.59. The quantitative estimate of drug-likeness (QED) is 0.0198. The van der Waals surface area contributed by atoms with Crippen molar-refractivity contribution >= 4 is 56.1 Å². The van der Waals surface area contributed by atoms with Crippen LogP contribution in [0.4, 0.5) is 22.4 Å². The molecular weight excluding hydrogens is 1090 g/mol. The van der Waals surface area contributed by atoms with E-state index in [1.165, 1.54) is 0 Å². The van der Waals surface area contributed by atoms with Crippen molar-refractivity contribution in [1.82, 2.24) is 18.1 Å². The number of halogens is 5. The lowest BCUT2D eigenvalue weighted by molar-refractivity contribution is -1.01. The third kappa shape index (κ3) is 21.1. The van der Waals surface area contributed by atoms with E-state index < -0.39 is 169 Å². The van der Waals surface area contributed by atoms with Gasteiger partial charge in [0.25, 0.3) is 0 Å². The number of aliphatic carboxylic acids is 1. The Morgan fingerprint density at radius 3 is 0.880 bits per heavy atom. The van der Waals surface area contributed by atoms with Crippen LogP contribution in [0.15, 0.2) is 11.6 Å². The summed E-state index contributed by atoms with van der Waals surface area (Å²) in [4.78, 5) is 13.0. The molecule has 0 amide bonds. The Kier molecular flexibility index (Phi) is 35.1. The number of carboxylic acid groups (broad SMARTS) is 1. The number of sulfonamides is 5. The van der Waals surface area contributed by atoms with Crippen molar-refractivity contribution in [1.29, 1.82) is 0 Å². The van der Waals surface area contributed by atoms with Gasteiger partial charge in [-0.05, 0) is 46.0 Å². The maximum absolute atomic E-state index is 19.6. The van der Waals surface area contributed by atoms with Gasteiger partial charge in [0, 0.05) is 38.4 Å². The fourth-order valence-electron chi connectivity index (χ4n) is 8.87. The molecule has 0 radical (unpaired) electrons. The SMILES string of the molecule is CCCCCCCCS(=O)(=O)N(F)C(N(F)S(=O)(=O)CCCCCCCC)(N(F)S(=O)(=O)CCCCCCCC)C(C=C(C)C(=O)O)(N(F)S(=O)(=O)CCCCCCCC)[N+](F)(CC)S(=O)(=O)CCCCCCCC. The van der Waals surface area contributed by atoms with Crippen LogP contribution in [-0.4, -0.2) is 122 Å². The first kappa shape index (κ1) is 73.4. The topological polar surface area (TPSA) is 221 Å². The molecule has 1 N–H and O–H groups in total. The zero-order chi connectivity index (χ0) is 57.6. The van der Waals surface area contributed by atoms with Crippen molar-refractivity contribution in [2.45, 2.75) is 253 Å². The molecule has 0 aromatic rings. The lowest BCUT2D eigenvalue weighted by Crippen LogP contribution is -2.88. The lowest BCUT2D eigenvalue weighted by atomic mass is 9.98. The Bertz CT molecular complexity index is 2110. The summed E-state index contributed by atoms with van der Waals surface area (Å²) in [5.74, 6) is -16.4. The van der Waals surface area contributed by atoms with E-state index in [-0.39, 0.29) is 51.4 Å². The summed E-state index contributed by atoms with van der Waals surface area (Å²) in [6.45, 7) is 8.23. The largest absolute Gasteiger partial charge is 0.478 e. The Balaban J connectivity index is 9.87. The number of hydrogen-bond acceptors (Lipinski definition) is 11. The minimum Gasteiger partial charge on any atom is -0.478 e. The summed E-state index contributed by atoms with van der Waals surface area (Å²) < 4.78 is 230. The second-order valence-electron chi connectivity index (χ2n) is 19.7. The number of nitrogens with zero attached hydrogens (tertiary/aromatic N) is 5. The second-order valence-corrected chi connectivity index (χ2v) is 29.4. The third-order valence-electron chi connectivity index (χ3n) is 13.4. The molecule has 0 aromatic heterocycles. The molecule has 17 nitrogen and oxygen atoms in total. The number of carboxylic acids is 1. The van der Waals surface area contributed by atoms with E-state index in [2.05, 4.69) is 0 Å². The van der Waals surface area contributed by atoms with Gasteiger partial charge in [-0.1, -0.05) is 195 Å². The van der Waals surface area contributed by atoms with E-state index in [0.717, 1.165) is 12.8 Å². The standard InChI is InChI=1S/C48H94F5N5O12S5/c1-8-14-19-24-29-34-39-71(61,62)54(49)47(44-45(7)46(59)60,58(53,13-6)75(69,70)43-38-33-28-23-18-12-5)48(55(50)72(63,64)40-35-30-25-20-15-9-2,56(51)73(65,66)41-36-31-26-21-16-10-3)57(52)74(67,68)42-37-32-27-22-17-11-4/h44H,8-43H2,1-7H3/p+1. The lowest BCUT2D eigenvalue weighted by Gasteiger charge is -2.54. The van der Waals surface area contributed by atoms with Crippen LogP contribution < -0.4 is 0 Å². The first-order chi connectivity index (χ1) is 35.1. The molecule has 75 heavy (non-hydrogen) atoms. The van der Waals surface area contributed by atoms with Gasteiger partial charge in [-0.25, -0.2) is 38.5 Å². The first-order valence-electron chi connectivity index (χ1n) is 27.6. The highest BCUT2D eigenvalue weighted by Gasteiger charge is 2.88. The first-order valence-corrected chi connectivity index (χ1v) is 35.6. The number of likely N-dealkylation sites (N-methyl/N-ethyl adjacent to an activating group) is 1. The fourth-order valence-corrected chi connectivity index (χ4v) is 16.6. The summed E-state index contributed by atoms with van der Waals surface area (Å²) in [7, 11) is -32.0. The molecule has 2 atom stereocenters. The molecular formula is C48H95F5N5O12S5+. The summed E-state index contributed by atoms with van der Waals surface area (Å²) in [5.41, 5.74) is -7.37. The normalized spacial score (nSPS) is 15.3. The summed E-state index contributed by atoms with van der Waals surface area (Å²) in [5, 5.41) is 10.4. The van der Waals surface area contributed by atoms with Gasteiger partial charge in [-0.15, -0.1) is 17.9 Å². The highest BCUT2D eigenvalue weighted by Crippen LogP contribution is 2.55. The zero-order valence-corrected chi connectivity index (χ0v) is 50.2. The van der Waals surface area contributed by atoms with Crippen molar-refractivity contribution < 1.29 is 78.5 Å². The Labute approximate surface area is 449 Å². The summed E-state index contributed by atoms with van der Waals surface area (Å²) in [6, 6.07) is 0. The Morgan fingerprint density at radius 1 is 0.413 bits per heavy atom. The van der Waals surface area contributed by atoms with Crippen LogP contribution in [0.3, 0.4) is 0 Å². The molecule has 0 fully saturated rings. The number of rotatable bonds is 49. The predicted molar refractivity (Wildman–Crippen MR) is 286 cm³/mol. The van der Waals surface area contributed by atoms with Gasteiger partial charge in [-0.2, -0.15) is 8.42 Å². The highest BCUT2D eigenvalue weighted by molar-refractivity contribution is 7.91. The van der Waals surface area contributed by atoms with Gasteiger partial charge >= 0.3 is 27.4 Å². The Morgan fingerprint density at radius 2 is 0.640 bits per heavy atom. The van der Waals surface area contributed by atoms with Crippen LogP contribution in [-0.2, 0) is 54.9 Å². The predicted octanol–water partition coefficient (Wildman–Crippen LogP) is 12.3. The molecule has 0 saturated heterocycles. The molecule has 27 heteroatoms. The van der Waals surface area contributed by atoms with Crippen molar-refractivity contribution in [3.8, 4) is 0 Å². The maximum Gasteiger partial charge on any atom is 0.337 e. The van der Waals surface area contributed by atoms with Crippen molar-refractivity contribution in [2.24, 2.45) is 0 Å². The van der Waals surface area contributed by atoms with Gasteiger partial charge in [0.2, 0.25) is 40.1 Å². The van der Waals surface area contributed by atoms with E-state index >= 15 is 30.8 Å². The van der Waals surface area contributed by atoms with E-state index in [4.69, 9.17) is 0 Å². The number of carbonyl (C=O) groups is 1. The van der Waals surface area contributed by atoms with Gasteiger partial charge in [-0.3, -0.25) is 0 Å². The molecule has 0 rings (SSSR count). The van der Waals surface area contributed by atoms with Crippen LogP contribution in [0.2, 0.25) is 0 Å². The molecule has 0 saturated carbocycles.